The van der Waals surface area contributed by atoms with Crippen molar-refractivity contribution in [2.75, 3.05) is 24.7 Å². The predicted octanol–water partition coefficient (Wildman–Crippen LogP) is 6.16. The first kappa shape index (κ1) is 28.5. The van der Waals surface area contributed by atoms with Crippen LogP contribution in [-0.2, 0) is 9.59 Å². The van der Waals surface area contributed by atoms with E-state index in [0.717, 1.165) is 5.56 Å². The molecule has 1 saturated heterocycles. The lowest BCUT2D eigenvalue weighted by Gasteiger charge is -2.26. The smallest absolute Gasteiger partial charge is 0.300 e. The first-order valence-corrected chi connectivity index (χ1v) is 13.4. The standard InChI is InChI=1S/C32H35NO7/c1-6-38-24-10-8-9-23(17-24)33-29(21-11-13-25(34)27(16-21)39-7-2)28(31(36)32(33)37)30(35)22-12-14-26(20(5)15-22)40-18-19(3)4/h8-17,19,29,34-35H,6-7,18H2,1-5H3/b30-28-. The normalized spacial score (nSPS) is 16.4. The molecule has 3 aromatic rings. The maximum atomic E-state index is 13.6. The zero-order chi connectivity index (χ0) is 29.0. The summed E-state index contributed by atoms with van der Waals surface area (Å²) in [4.78, 5) is 28.4. The van der Waals surface area contributed by atoms with E-state index in [9.17, 15) is 19.8 Å². The number of hydrogen-bond donors (Lipinski definition) is 2. The first-order chi connectivity index (χ1) is 19.2. The molecule has 0 radical (unpaired) electrons. The van der Waals surface area contributed by atoms with Crippen LogP contribution in [0, 0.1) is 12.8 Å². The third-order valence-electron chi connectivity index (χ3n) is 6.47. The van der Waals surface area contributed by atoms with Gasteiger partial charge in [0.2, 0.25) is 0 Å². The lowest BCUT2D eigenvalue weighted by Crippen LogP contribution is -2.29. The molecule has 2 N–H and O–H groups in total. The number of aliphatic hydroxyl groups excluding tert-OH is 1. The average Bonchev–Trinajstić information content (AvgIpc) is 3.19. The van der Waals surface area contributed by atoms with E-state index in [-0.39, 0.29) is 22.8 Å². The molecule has 0 saturated carbocycles. The quantitative estimate of drug-likeness (QED) is 0.179. The van der Waals surface area contributed by atoms with E-state index < -0.39 is 17.7 Å². The van der Waals surface area contributed by atoms with Gasteiger partial charge in [-0.1, -0.05) is 26.0 Å². The molecule has 8 heteroatoms. The Labute approximate surface area is 234 Å². The molecule has 1 amide bonds. The van der Waals surface area contributed by atoms with Crippen molar-refractivity contribution in [3.63, 3.8) is 0 Å². The van der Waals surface area contributed by atoms with Crippen LogP contribution in [0.3, 0.4) is 0 Å². The summed E-state index contributed by atoms with van der Waals surface area (Å²) in [6, 6.07) is 15.7. The molecule has 1 atom stereocenters. The summed E-state index contributed by atoms with van der Waals surface area (Å²) in [6.07, 6.45) is 0. The Morgan fingerprint density at radius 3 is 2.35 bits per heavy atom. The van der Waals surface area contributed by atoms with Gasteiger partial charge in [-0.05, 0) is 80.3 Å². The second-order valence-electron chi connectivity index (χ2n) is 9.94. The Kier molecular flexibility index (Phi) is 8.67. The molecule has 0 spiro atoms. The van der Waals surface area contributed by atoms with Gasteiger partial charge in [-0.15, -0.1) is 0 Å². The first-order valence-electron chi connectivity index (χ1n) is 13.4. The molecule has 1 fully saturated rings. The molecule has 4 rings (SSSR count). The number of rotatable bonds is 10. The van der Waals surface area contributed by atoms with Crippen molar-refractivity contribution in [2.45, 2.75) is 40.7 Å². The van der Waals surface area contributed by atoms with Gasteiger partial charge < -0.3 is 24.4 Å². The number of Topliss-reactive ketones (excluding diaryl/α,β-unsaturated/α-hetero) is 1. The molecule has 210 valence electrons. The Bertz CT molecular complexity index is 1440. The van der Waals surface area contributed by atoms with E-state index in [1.165, 1.54) is 11.0 Å². The highest BCUT2D eigenvalue weighted by Gasteiger charge is 2.47. The third kappa shape index (κ3) is 5.76. The zero-order valence-corrected chi connectivity index (χ0v) is 23.4. The minimum Gasteiger partial charge on any atom is -0.507 e. The van der Waals surface area contributed by atoms with E-state index in [2.05, 4.69) is 13.8 Å². The number of aliphatic hydroxyl groups is 1. The minimum atomic E-state index is -0.992. The largest absolute Gasteiger partial charge is 0.507 e. The molecule has 0 aromatic heterocycles. The van der Waals surface area contributed by atoms with Gasteiger partial charge in [0.25, 0.3) is 11.7 Å². The van der Waals surface area contributed by atoms with Crippen LogP contribution in [0.25, 0.3) is 5.76 Å². The molecular weight excluding hydrogens is 510 g/mol. The monoisotopic (exact) mass is 545 g/mol. The third-order valence-corrected chi connectivity index (χ3v) is 6.47. The molecule has 0 aliphatic carbocycles. The molecule has 1 aliphatic rings. The number of ketones is 1. The van der Waals surface area contributed by atoms with E-state index in [4.69, 9.17) is 14.2 Å². The molecule has 1 unspecified atom stereocenters. The summed E-state index contributed by atoms with van der Waals surface area (Å²) in [7, 11) is 0. The SMILES string of the molecule is CCOc1cccc(N2C(=O)C(=O)/C(=C(\O)c3ccc(OCC(C)C)c(C)c3)C2c2ccc(O)c(OCC)c2)c1. The Hall–Kier alpha value is -4.46. The summed E-state index contributed by atoms with van der Waals surface area (Å²) in [5.41, 5.74) is 2.00. The van der Waals surface area contributed by atoms with Gasteiger partial charge in [0.15, 0.2) is 11.5 Å². The number of phenols is 1. The molecule has 0 bridgehead atoms. The fraction of sp³-hybridized carbons (Fsp3) is 0.312. The Morgan fingerprint density at radius 2 is 1.68 bits per heavy atom. The predicted molar refractivity (Wildman–Crippen MR) is 153 cm³/mol. The van der Waals surface area contributed by atoms with Crippen molar-refractivity contribution in [3.8, 4) is 23.0 Å². The maximum Gasteiger partial charge on any atom is 0.300 e. The number of amides is 1. The number of aryl methyl sites for hydroxylation is 1. The highest BCUT2D eigenvalue weighted by molar-refractivity contribution is 6.51. The van der Waals surface area contributed by atoms with Crippen LogP contribution in [0.5, 0.6) is 23.0 Å². The lowest BCUT2D eigenvalue weighted by atomic mass is 9.94. The van der Waals surface area contributed by atoms with Gasteiger partial charge in [-0.3, -0.25) is 14.5 Å². The van der Waals surface area contributed by atoms with Crippen molar-refractivity contribution in [1.29, 1.82) is 0 Å². The average molecular weight is 546 g/mol. The summed E-state index contributed by atoms with van der Waals surface area (Å²) < 4.78 is 17.1. The van der Waals surface area contributed by atoms with E-state index in [0.29, 0.717) is 54.1 Å². The zero-order valence-electron chi connectivity index (χ0n) is 23.4. The number of hydrogen-bond acceptors (Lipinski definition) is 7. The summed E-state index contributed by atoms with van der Waals surface area (Å²) >= 11 is 0. The fourth-order valence-corrected chi connectivity index (χ4v) is 4.65. The molecule has 1 heterocycles. The Balaban J connectivity index is 1.89. The summed E-state index contributed by atoms with van der Waals surface area (Å²) in [5.74, 6) is -0.241. The molecule has 1 aliphatic heterocycles. The highest BCUT2D eigenvalue weighted by atomic mass is 16.5. The van der Waals surface area contributed by atoms with Crippen LogP contribution in [-0.4, -0.2) is 41.7 Å². The van der Waals surface area contributed by atoms with Crippen LogP contribution in [0.2, 0.25) is 0 Å². The van der Waals surface area contributed by atoms with Crippen molar-refractivity contribution in [2.24, 2.45) is 5.92 Å². The van der Waals surface area contributed by atoms with E-state index in [1.54, 1.807) is 61.5 Å². The van der Waals surface area contributed by atoms with E-state index >= 15 is 0 Å². The number of ether oxygens (including phenoxy) is 3. The highest BCUT2D eigenvalue weighted by Crippen LogP contribution is 2.44. The van der Waals surface area contributed by atoms with Crippen LogP contribution >= 0.6 is 0 Å². The van der Waals surface area contributed by atoms with Crippen LogP contribution in [0.15, 0.2) is 66.2 Å². The number of benzene rings is 3. The van der Waals surface area contributed by atoms with Crippen molar-refractivity contribution in [1.82, 2.24) is 0 Å². The summed E-state index contributed by atoms with van der Waals surface area (Å²) in [6.45, 7) is 10.9. The number of nitrogens with zero attached hydrogens (tertiary/aromatic N) is 1. The molecule has 40 heavy (non-hydrogen) atoms. The van der Waals surface area contributed by atoms with Gasteiger partial charge >= 0.3 is 0 Å². The summed E-state index contributed by atoms with van der Waals surface area (Å²) in [5, 5.41) is 21.9. The Morgan fingerprint density at radius 1 is 0.925 bits per heavy atom. The van der Waals surface area contributed by atoms with Crippen molar-refractivity contribution >= 4 is 23.1 Å². The molecular formula is C32H35NO7. The minimum absolute atomic E-state index is 0.0739. The van der Waals surface area contributed by atoms with Gasteiger partial charge in [0, 0.05) is 17.3 Å². The van der Waals surface area contributed by atoms with Crippen LogP contribution in [0.1, 0.15) is 50.4 Å². The number of phenolic OH excluding ortho intramolecular Hbond substituents is 1. The van der Waals surface area contributed by atoms with Gasteiger partial charge in [-0.25, -0.2) is 0 Å². The fourth-order valence-electron chi connectivity index (χ4n) is 4.65. The van der Waals surface area contributed by atoms with Gasteiger partial charge in [0.1, 0.15) is 17.3 Å². The lowest BCUT2D eigenvalue weighted by molar-refractivity contribution is -0.132. The number of carbonyl (C=O) groups is 2. The number of carbonyl (C=O) groups excluding carboxylic acids is 2. The second kappa shape index (κ2) is 12.2. The number of anilines is 1. The van der Waals surface area contributed by atoms with Gasteiger partial charge in [-0.2, -0.15) is 0 Å². The molecule has 3 aromatic carbocycles. The van der Waals surface area contributed by atoms with Gasteiger partial charge in [0.05, 0.1) is 31.4 Å². The number of aromatic hydroxyl groups is 1. The topological polar surface area (TPSA) is 106 Å². The van der Waals surface area contributed by atoms with E-state index in [1.807, 2.05) is 13.8 Å². The van der Waals surface area contributed by atoms with Crippen molar-refractivity contribution in [3.05, 3.63) is 82.9 Å². The van der Waals surface area contributed by atoms with Crippen LogP contribution < -0.4 is 19.1 Å². The second-order valence-corrected chi connectivity index (χ2v) is 9.94. The molecule has 8 nitrogen and oxygen atoms in total. The van der Waals surface area contributed by atoms with Crippen LogP contribution in [0.4, 0.5) is 5.69 Å². The van der Waals surface area contributed by atoms with Crippen molar-refractivity contribution < 1.29 is 34.0 Å². The maximum absolute atomic E-state index is 13.6.